The lowest BCUT2D eigenvalue weighted by atomic mass is 10.1. The molecular formula is C27H22ClN3O4. The molecule has 2 heterocycles. The third-order valence-corrected chi connectivity index (χ3v) is 6.47. The minimum Gasteiger partial charge on any atom is -0.312 e. The van der Waals surface area contributed by atoms with Crippen molar-refractivity contribution in [3.63, 3.8) is 0 Å². The highest BCUT2D eigenvalue weighted by molar-refractivity contribution is 6.31. The molecule has 0 aliphatic carbocycles. The number of nitrogens with zero attached hydrogens (tertiary/aromatic N) is 3. The van der Waals surface area contributed by atoms with Crippen molar-refractivity contribution in [1.29, 1.82) is 0 Å². The summed E-state index contributed by atoms with van der Waals surface area (Å²) in [5.74, 6) is -0.324. The fourth-order valence-corrected chi connectivity index (χ4v) is 4.64. The number of halogens is 1. The summed E-state index contributed by atoms with van der Waals surface area (Å²) in [6.07, 6.45) is 1.26. The first-order valence-corrected chi connectivity index (χ1v) is 11.7. The van der Waals surface area contributed by atoms with Gasteiger partial charge < -0.3 is 4.90 Å². The standard InChI is InChI=1S/C27H22ClN3O4/c28-20-11-12-22-23(15-20)31(27(35)26(34)30(22)16-18-6-2-1-3-7-18)17-24(32)19-8-4-9-21(14-19)29-13-5-10-25(29)33/h1-4,6-9,11-12,14-15H,5,10,13,16-17H2. The van der Waals surface area contributed by atoms with Gasteiger partial charge in [-0.3, -0.25) is 28.3 Å². The topological polar surface area (TPSA) is 81.4 Å². The second-order valence-electron chi connectivity index (χ2n) is 8.52. The summed E-state index contributed by atoms with van der Waals surface area (Å²) in [7, 11) is 0. The van der Waals surface area contributed by atoms with Crippen molar-refractivity contribution in [3.05, 3.63) is 110 Å². The van der Waals surface area contributed by atoms with E-state index in [4.69, 9.17) is 11.6 Å². The normalized spacial score (nSPS) is 13.5. The van der Waals surface area contributed by atoms with Crippen LogP contribution in [0.5, 0.6) is 0 Å². The number of Topliss-reactive ketones (excluding diaryl/α,β-unsaturated/α-hetero) is 1. The summed E-state index contributed by atoms with van der Waals surface area (Å²) in [5, 5.41) is 0.387. The van der Waals surface area contributed by atoms with Gasteiger partial charge in [-0.2, -0.15) is 0 Å². The van der Waals surface area contributed by atoms with Gasteiger partial charge in [0.2, 0.25) is 5.91 Å². The molecule has 5 rings (SSSR count). The molecule has 1 amide bonds. The number of anilines is 1. The summed E-state index contributed by atoms with van der Waals surface area (Å²) < 4.78 is 2.59. The lowest BCUT2D eigenvalue weighted by Crippen LogP contribution is -2.42. The SMILES string of the molecule is O=C(Cn1c(=O)c(=O)n(Cc2ccccc2)c2ccc(Cl)cc21)c1cccc(N2CCCC2=O)c1. The molecule has 3 aromatic carbocycles. The number of benzene rings is 3. The van der Waals surface area contributed by atoms with Crippen LogP contribution in [0.1, 0.15) is 28.8 Å². The van der Waals surface area contributed by atoms with E-state index >= 15 is 0 Å². The van der Waals surface area contributed by atoms with Gasteiger partial charge in [0.1, 0.15) is 0 Å². The Morgan fingerprint density at radius 3 is 2.34 bits per heavy atom. The minimum absolute atomic E-state index is 0.0217. The molecular weight excluding hydrogens is 466 g/mol. The van der Waals surface area contributed by atoms with Crippen LogP contribution in [0.15, 0.2) is 82.4 Å². The van der Waals surface area contributed by atoms with Crippen molar-refractivity contribution in [2.24, 2.45) is 0 Å². The van der Waals surface area contributed by atoms with Crippen molar-refractivity contribution in [3.8, 4) is 0 Å². The molecule has 1 aliphatic rings. The lowest BCUT2D eigenvalue weighted by molar-refractivity contribution is -0.117. The average Bonchev–Trinajstić information content (AvgIpc) is 3.31. The van der Waals surface area contributed by atoms with E-state index in [0.29, 0.717) is 40.3 Å². The molecule has 7 nitrogen and oxygen atoms in total. The Morgan fingerprint density at radius 2 is 1.60 bits per heavy atom. The quantitative estimate of drug-likeness (QED) is 0.305. The number of ketones is 1. The Kier molecular flexibility index (Phi) is 6.09. The Hall–Kier alpha value is -3.97. The second kappa shape index (κ2) is 9.35. The van der Waals surface area contributed by atoms with Crippen LogP contribution in [0.4, 0.5) is 5.69 Å². The zero-order chi connectivity index (χ0) is 24.5. The molecule has 1 saturated heterocycles. The molecule has 0 spiro atoms. The molecule has 176 valence electrons. The fourth-order valence-electron chi connectivity index (χ4n) is 4.47. The maximum Gasteiger partial charge on any atom is 0.317 e. The highest BCUT2D eigenvalue weighted by Gasteiger charge is 2.23. The van der Waals surface area contributed by atoms with Gasteiger partial charge in [0.15, 0.2) is 5.78 Å². The maximum absolute atomic E-state index is 13.2. The van der Waals surface area contributed by atoms with E-state index in [1.165, 1.54) is 9.13 Å². The number of fused-ring (bicyclic) bond motifs is 1. The number of amides is 1. The van der Waals surface area contributed by atoms with Gasteiger partial charge in [-0.1, -0.05) is 54.1 Å². The zero-order valence-electron chi connectivity index (χ0n) is 18.8. The fraction of sp³-hybridized carbons (Fsp3) is 0.185. The van der Waals surface area contributed by atoms with Crippen molar-refractivity contribution in [2.75, 3.05) is 11.4 Å². The van der Waals surface area contributed by atoms with E-state index < -0.39 is 11.1 Å². The van der Waals surface area contributed by atoms with E-state index in [0.717, 1.165) is 12.0 Å². The van der Waals surface area contributed by atoms with Crippen molar-refractivity contribution in [2.45, 2.75) is 25.9 Å². The third kappa shape index (κ3) is 4.42. The Labute approximate surface area is 205 Å². The number of aromatic nitrogens is 2. The lowest BCUT2D eigenvalue weighted by Gasteiger charge is -2.17. The number of hydrogen-bond acceptors (Lipinski definition) is 4. The summed E-state index contributed by atoms with van der Waals surface area (Å²) in [6.45, 7) is 0.501. The minimum atomic E-state index is -0.796. The molecule has 0 unspecified atom stereocenters. The van der Waals surface area contributed by atoms with Gasteiger partial charge >= 0.3 is 11.1 Å². The molecule has 35 heavy (non-hydrogen) atoms. The predicted octanol–water partition coefficient (Wildman–Crippen LogP) is 3.87. The smallest absolute Gasteiger partial charge is 0.312 e. The third-order valence-electron chi connectivity index (χ3n) is 6.23. The largest absolute Gasteiger partial charge is 0.317 e. The second-order valence-corrected chi connectivity index (χ2v) is 8.96. The van der Waals surface area contributed by atoms with E-state index in [1.807, 2.05) is 30.3 Å². The van der Waals surface area contributed by atoms with Crippen molar-refractivity contribution < 1.29 is 9.59 Å². The van der Waals surface area contributed by atoms with Crippen LogP contribution in [-0.2, 0) is 17.9 Å². The summed E-state index contributed by atoms with van der Waals surface area (Å²) >= 11 is 6.23. The maximum atomic E-state index is 13.2. The Balaban J connectivity index is 1.56. The summed E-state index contributed by atoms with van der Waals surface area (Å²) in [4.78, 5) is 53.3. The van der Waals surface area contributed by atoms with Crippen LogP contribution in [0, 0.1) is 0 Å². The monoisotopic (exact) mass is 487 g/mol. The van der Waals surface area contributed by atoms with Gasteiger partial charge in [0, 0.05) is 29.2 Å². The molecule has 0 radical (unpaired) electrons. The van der Waals surface area contributed by atoms with E-state index in [9.17, 15) is 19.2 Å². The predicted molar refractivity (Wildman–Crippen MR) is 135 cm³/mol. The Bertz CT molecular complexity index is 1570. The highest BCUT2D eigenvalue weighted by Crippen LogP contribution is 2.23. The first-order chi connectivity index (χ1) is 16.9. The molecule has 4 aromatic rings. The number of carbonyl (C=O) groups is 2. The van der Waals surface area contributed by atoms with Crippen molar-refractivity contribution in [1.82, 2.24) is 9.13 Å². The summed E-state index contributed by atoms with van der Waals surface area (Å²) in [5.41, 5.74) is 1.27. The number of hydrogen-bond donors (Lipinski definition) is 0. The van der Waals surface area contributed by atoms with Crippen LogP contribution in [0.3, 0.4) is 0 Å². The van der Waals surface area contributed by atoms with Crippen LogP contribution >= 0.6 is 11.6 Å². The van der Waals surface area contributed by atoms with Gasteiger partial charge in [-0.05, 0) is 42.3 Å². The van der Waals surface area contributed by atoms with Gasteiger partial charge in [-0.15, -0.1) is 0 Å². The molecule has 0 N–H and O–H groups in total. The molecule has 1 aliphatic heterocycles. The average molecular weight is 488 g/mol. The number of rotatable bonds is 6. The molecule has 1 fully saturated rings. The zero-order valence-corrected chi connectivity index (χ0v) is 19.6. The molecule has 0 saturated carbocycles. The van der Waals surface area contributed by atoms with Crippen LogP contribution in [-0.4, -0.2) is 27.4 Å². The molecule has 8 heteroatoms. The highest BCUT2D eigenvalue weighted by atomic mass is 35.5. The first-order valence-electron chi connectivity index (χ1n) is 11.3. The van der Waals surface area contributed by atoms with Gasteiger partial charge in [0.05, 0.1) is 24.1 Å². The van der Waals surface area contributed by atoms with E-state index in [2.05, 4.69) is 0 Å². The summed E-state index contributed by atoms with van der Waals surface area (Å²) in [6, 6.07) is 21.1. The van der Waals surface area contributed by atoms with E-state index in [1.54, 1.807) is 47.4 Å². The number of carbonyl (C=O) groups excluding carboxylic acids is 2. The van der Waals surface area contributed by atoms with Gasteiger partial charge in [0.25, 0.3) is 0 Å². The Morgan fingerprint density at radius 1 is 0.829 bits per heavy atom. The molecule has 0 bridgehead atoms. The first kappa shape index (κ1) is 22.8. The van der Waals surface area contributed by atoms with E-state index in [-0.39, 0.29) is 24.8 Å². The van der Waals surface area contributed by atoms with Gasteiger partial charge in [-0.25, -0.2) is 0 Å². The molecule has 1 aromatic heterocycles. The van der Waals surface area contributed by atoms with Crippen LogP contribution in [0.25, 0.3) is 11.0 Å². The molecule has 0 atom stereocenters. The van der Waals surface area contributed by atoms with Crippen molar-refractivity contribution >= 4 is 40.0 Å². The van der Waals surface area contributed by atoms with Crippen LogP contribution < -0.4 is 16.0 Å². The van der Waals surface area contributed by atoms with Crippen LogP contribution in [0.2, 0.25) is 5.02 Å².